The van der Waals surface area contributed by atoms with Crippen molar-refractivity contribution in [1.29, 1.82) is 0 Å². The van der Waals surface area contributed by atoms with Gasteiger partial charge in [-0.1, -0.05) is 34.6 Å². The zero-order chi connectivity index (χ0) is 13.4. The molecule has 0 bridgehead atoms. The second kappa shape index (κ2) is 8.28. The summed E-state index contributed by atoms with van der Waals surface area (Å²) in [6, 6.07) is -0.624. The van der Waals surface area contributed by atoms with Crippen LogP contribution in [0.15, 0.2) is 0 Å². The minimum absolute atomic E-state index is 0.0963. The van der Waals surface area contributed by atoms with E-state index in [9.17, 15) is 9.59 Å². The first-order valence-corrected chi connectivity index (χ1v) is 5.72. The third-order valence-electron chi connectivity index (χ3n) is 2.14. The van der Waals surface area contributed by atoms with Crippen LogP contribution < -0.4 is 5.32 Å². The van der Waals surface area contributed by atoms with Crippen LogP contribution in [0, 0.1) is 5.41 Å². The monoisotopic (exact) mass is 231 g/mol. The molecule has 0 radical (unpaired) electrons. The first-order chi connectivity index (χ1) is 7.29. The molecule has 0 fully saturated rings. The molecule has 0 saturated carbocycles. The van der Waals surface area contributed by atoms with E-state index in [0.717, 1.165) is 0 Å². The average molecular weight is 231 g/mol. The Bertz CT molecular complexity index is 219. The van der Waals surface area contributed by atoms with Gasteiger partial charge in [0, 0.05) is 11.8 Å². The van der Waals surface area contributed by atoms with E-state index < -0.39 is 12.0 Å². The van der Waals surface area contributed by atoms with E-state index in [1.807, 2.05) is 34.6 Å². The number of ketones is 1. The van der Waals surface area contributed by atoms with Gasteiger partial charge in [-0.2, -0.15) is 0 Å². The molecule has 0 rings (SSSR count). The fourth-order valence-corrected chi connectivity index (χ4v) is 1.04. The maximum absolute atomic E-state index is 11.5. The number of aliphatic carboxylic acids is 1. The van der Waals surface area contributed by atoms with Crippen LogP contribution in [0.2, 0.25) is 0 Å². The Labute approximate surface area is 98.4 Å². The summed E-state index contributed by atoms with van der Waals surface area (Å²) >= 11 is 0. The van der Waals surface area contributed by atoms with Crippen molar-refractivity contribution in [2.24, 2.45) is 5.41 Å². The van der Waals surface area contributed by atoms with E-state index >= 15 is 0 Å². The molecule has 0 aromatic carbocycles. The Morgan fingerprint density at radius 3 is 1.94 bits per heavy atom. The smallest absolute Gasteiger partial charge is 0.320 e. The van der Waals surface area contributed by atoms with Crippen molar-refractivity contribution in [2.45, 2.75) is 53.5 Å². The van der Waals surface area contributed by atoms with Crippen molar-refractivity contribution in [3.63, 3.8) is 0 Å². The lowest BCUT2D eigenvalue weighted by atomic mass is 9.87. The Balaban J connectivity index is 0. The lowest BCUT2D eigenvalue weighted by molar-refractivity contribution is -0.139. The molecule has 0 aromatic heterocycles. The van der Waals surface area contributed by atoms with Crippen molar-refractivity contribution >= 4 is 11.8 Å². The molecule has 0 heterocycles. The number of hydrogen-bond donors (Lipinski definition) is 2. The molecule has 0 aliphatic carbocycles. The highest BCUT2D eigenvalue weighted by atomic mass is 16.4. The lowest BCUT2D eigenvalue weighted by Crippen LogP contribution is -2.35. The minimum Gasteiger partial charge on any atom is -0.480 e. The van der Waals surface area contributed by atoms with Crippen LogP contribution in [0.3, 0.4) is 0 Å². The van der Waals surface area contributed by atoms with Crippen molar-refractivity contribution in [1.82, 2.24) is 5.32 Å². The molecule has 0 aliphatic rings. The number of likely N-dealkylation sites (N-methyl/N-ethyl adjacent to an activating group) is 1. The number of nitrogens with one attached hydrogen (secondary N) is 1. The SMILES string of the molecule is CC.CNC(CCC(=O)C(C)(C)C)C(=O)O. The Kier molecular flexibility index (Phi) is 9.05. The number of carboxylic acid groups (broad SMARTS) is 1. The molecule has 1 unspecified atom stereocenters. The first-order valence-electron chi connectivity index (χ1n) is 5.72. The van der Waals surface area contributed by atoms with Crippen LogP contribution in [0.5, 0.6) is 0 Å². The van der Waals surface area contributed by atoms with Gasteiger partial charge in [0.2, 0.25) is 0 Å². The average Bonchev–Trinajstić information content (AvgIpc) is 2.19. The molecule has 2 N–H and O–H groups in total. The van der Waals surface area contributed by atoms with Crippen molar-refractivity contribution in [3.8, 4) is 0 Å². The minimum atomic E-state index is -0.908. The molecular weight excluding hydrogens is 206 g/mol. The van der Waals surface area contributed by atoms with Gasteiger partial charge in [0.25, 0.3) is 0 Å². The normalized spacial score (nSPS) is 12.4. The molecule has 4 nitrogen and oxygen atoms in total. The van der Waals surface area contributed by atoms with Crippen LogP contribution in [0.4, 0.5) is 0 Å². The molecular formula is C12H25NO3. The summed E-state index contributed by atoms with van der Waals surface area (Å²) in [5.41, 5.74) is -0.378. The number of hydrogen-bond acceptors (Lipinski definition) is 3. The molecule has 0 spiro atoms. The van der Waals surface area contributed by atoms with E-state index in [-0.39, 0.29) is 11.2 Å². The molecule has 0 aromatic rings. The third kappa shape index (κ3) is 7.40. The van der Waals surface area contributed by atoms with Gasteiger partial charge in [-0.25, -0.2) is 0 Å². The maximum Gasteiger partial charge on any atom is 0.320 e. The number of carbonyl (C=O) groups excluding carboxylic acids is 1. The van der Waals surface area contributed by atoms with Crippen LogP contribution in [-0.4, -0.2) is 29.9 Å². The lowest BCUT2D eigenvalue weighted by Gasteiger charge is -2.18. The summed E-state index contributed by atoms with van der Waals surface area (Å²) in [6.07, 6.45) is 0.656. The van der Waals surface area contributed by atoms with Crippen molar-refractivity contribution < 1.29 is 14.7 Å². The maximum atomic E-state index is 11.5. The van der Waals surface area contributed by atoms with Crippen LogP contribution in [0.1, 0.15) is 47.5 Å². The van der Waals surface area contributed by atoms with Gasteiger partial charge in [-0.15, -0.1) is 0 Å². The van der Waals surface area contributed by atoms with E-state index in [1.54, 1.807) is 7.05 Å². The summed E-state index contributed by atoms with van der Waals surface area (Å²) in [7, 11) is 1.58. The topological polar surface area (TPSA) is 66.4 Å². The van der Waals surface area contributed by atoms with Crippen molar-refractivity contribution in [3.05, 3.63) is 0 Å². The van der Waals surface area contributed by atoms with E-state index in [2.05, 4.69) is 5.32 Å². The number of carboxylic acids is 1. The summed E-state index contributed by atoms with van der Waals surface area (Å²) in [5, 5.41) is 11.4. The second-order valence-corrected chi connectivity index (χ2v) is 4.39. The largest absolute Gasteiger partial charge is 0.480 e. The highest BCUT2D eigenvalue weighted by molar-refractivity contribution is 5.84. The van der Waals surface area contributed by atoms with Gasteiger partial charge < -0.3 is 10.4 Å². The van der Waals surface area contributed by atoms with Crippen LogP contribution in [-0.2, 0) is 9.59 Å². The molecule has 0 saturated heterocycles. The van der Waals surface area contributed by atoms with Gasteiger partial charge in [-0.3, -0.25) is 9.59 Å². The zero-order valence-corrected chi connectivity index (χ0v) is 11.3. The molecule has 1 atom stereocenters. The molecule has 4 heteroatoms. The number of rotatable bonds is 5. The van der Waals surface area contributed by atoms with Crippen LogP contribution in [0.25, 0.3) is 0 Å². The van der Waals surface area contributed by atoms with E-state index in [1.165, 1.54) is 0 Å². The standard InChI is InChI=1S/C10H19NO3.C2H6/c1-10(2,3)8(12)6-5-7(11-4)9(13)14;1-2/h7,11H,5-6H2,1-4H3,(H,13,14);1-2H3. The summed E-state index contributed by atoms with van der Waals surface area (Å²) in [6.45, 7) is 9.51. The Morgan fingerprint density at radius 2 is 1.69 bits per heavy atom. The quantitative estimate of drug-likeness (QED) is 0.760. The van der Waals surface area contributed by atoms with E-state index in [4.69, 9.17) is 5.11 Å². The zero-order valence-electron chi connectivity index (χ0n) is 11.3. The predicted molar refractivity (Wildman–Crippen MR) is 65.5 cm³/mol. The molecule has 0 aliphatic heterocycles. The molecule has 16 heavy (non-hydrogen) atoms. The van der Waals surface area contributed by atoms with Gasteiger partial charge in [0.05, 0.1) is 0 Å². The second-order valence-electron chi connectivity index (χ2n) is 4.39. The third-order valence-corrected chi connectivity index (χ3v) is 2.14. The number of Topliss-reactive ketones (excluding diaryl/α,β-unsaturated/α-hetero) is 1. The summed E-state index contributed by atoms with van der Waals surface area (Å²) < 4.78 is 0. The fraction of sp³-hybridized carbons (Fsp3) is 0.833. The predicted octanol–water partition coefficient (Wildman–Crippen LogP) is 2.08. The van der Waals surface area contributed by atoms with Gasteiger partial charge >= 0.3 is 5.97 Å². The summed E-state index contributed by atoms with van der Waals surface area (Å²) in [4.78, 5) is 22.1. The Hall–Kier alpha value is -0.900. The van der Waals surface area contributed by atoms with Gasteiger partial charge in [-0.05, 0) is 13.5 Å². The van der Waals surface area contributed by atoms with Gasteiger partial charge in [0.1, 0.15) is 11.8 Å². The summed E-state index contributed by atoms with van der Waals surface area (Å²) in [5.74, 6) is -0.812. The van der Waals surface area contributed by atoms with Crippen LogP contribution >= 0.6 is 0 Å². The number of carbonyl (C=O) groups is 2. The highest BCUT2D eigenvalue weighted by Crippen LogP contribution is 2.18. The van der Waals surface area contributed by atoms with E-state index in [0.29, 0.717) is 12.8 Å². The fourth-order valence-electron chi connectivity index (χ4n) is 1.04. The highest BCUT2D eigenvalue weighted by Gasteiger charge is 2.23. The molecule has 96 valence electrons. The van der Waals surface area contributed by atoms with Gasteiger partial charge in [0.15, 0.2) is 0 Å². The first kappa shape index (κ1) is 17.5. The Morgan fingerprint density at radius 1 is 1.25 bits per heavy atom. The molecule has 0 amide bonds. The van der Waals surface area contributed by atoms with Crippen molar-refractivity contribution in [2.75, 3.05) is 7.05 Å².